The van der Waals surface area contributed by atoms with Crippen LogP contribution in [0.2, 0.25) is 0 Å². The summed E-state index contributed by atoms with van der Waals surface area (Å²) >= 11 is 0. The van der Waals surface area contributed by atoms with Crippen LogP contribution in [0.5, 0.6) is 0 Å². The van der Waals surface area contributed by atoms with Gasteiger partial charge in [0.1, 0.15) is 0 Å². The Labute approximate surface area is 109 Å². The molecule has 18 heavy (non-hydrogen) atoms. The number of hydrogen-bond acceptors (Lipinski definition) is 4. The van der Waals surface area contributed by atoms with Crippen molar-refractivity contribution in [1.29, 1.82) is 0 Å². The van der Waals surface area contributed by atoms with E-state index in [-0.39, 0.29) is 17.9 Å². The van der Waals surface area contributed by atoms with Crippen LogP contribution < -0.4 is 0 Å². The summed E-state index contributed by atoms with van der Waals surface area (Å²) in [6.45, 7) is 9.40. The maximum absolute atomic E-state index is 11.0. The highest BCUT2D eigenvalue weighted by Gasteiger charge is 2.12. The molecule has 0 aliphatic rings. The maximum atomic E-state index is 11.0. The van der Waals surface area contributed by atoms with Gasteiger partial charge < -0.3 is 9.47 Å². The van der Waals surface area contributed by atoms with Gasteiger partial charge in [0.25, 0.3) is 0 Å². The highest BCUT2D eigenvalue weighted by Crippen LogP contribution is 2.19. The van der Waals surface area contributed by atoms with Crippen molar-refractivity contribution in [2.45, 2.75) is 33.6 Å². The number of ether oxygens (including phenoxy) is 2. The van der Waals surface area contributed by atoms with E-state index in [1.54, 1.807) is 0 Å². The number of carbonyl (C=O) groups is 2. The predicted molar refractivity (Wildman–Crippen MR) is 69.9 cm³/mol. The molecule has 0 saturated heterocycles. The first-order chi connectivity index (χ1) is 8.36. The Morgan fingerprint density at radius 3 is 2.33 bits per heavy atom. The number of carbonyl (C=O) groups excluding carboxylic acids is 2. The van der Waals surface area contributed by atoms with E-state index in [0.717, 1.165) is 24.0 Å². The molecule has 0 bridgehead atoms. The molecule has 0 spiro atoms. The minimum Gasteiger partial charge on any atom is -0.466 e. The molecule has 0 aromatic carbocycles. The van der Waals surface area contributed by atoms with Gasteiger partial charge in [0, 0.05) is 18.9 Å². The number of esters is 2. The molecular formula is C14H22O4. The van der Waals surface area contributed by atoms with Crippen molar-refractivity contribution >= 4 is 11.9 Å². The van der Waals surface area contributed by atoms with Gasteiger partial charge in [0.2, 0.25) is 0 Å². The molecule has 0 N–H and O–H groups in total. The normalized spacial score (nSPS) is 12.8. The first-order valence-corrected chi connectivity index (χ1v) is 5.90. The van der Waals surface area contributed by atoms with Gasteiger partial charge >= 0.3 is 11.9 Å². The number of methoxy groups -OCH3 is 1. The van der Waals surface area contributed by atoms with E-state index >= 15 is 0 Å². The van der Waals surface area contributed by atoms with E-state index in [1.807, 2.05) is 13.8 Å². The first kappa shape index (κ1) is 16.4. The van der Waals surface area contributed by atoms with Crippen LogP contribution in [0.1, 0.15) is 33.6 Å². The molecular weight excluding hydrogens is 232 g/mol. The summed E-state index contributed by atoms with van der Waals surface area (Å²) in [5.74, 6) is -0.516. The van der Waals surface area contributed by atoms with Crippen molar-refractivity contribution in [3.63, 3.8) is 0 Å². The molecule has 0 amide bonds. The summed E-state index contributed by atoms with van der Waals surface area (Å²) in [6.07, 6.45) is 3.01. The number of allylic oxidation sites excluding steroid dienone is 1. The largest absolute Gasteiger partial charge is 0.466 e. The lowest BCUT2D eigenvalue weighted by atomic mass is 9.95. The van der Waals surface area contributed by atoms with Crippen LogP contribution in [0.4, 0.5) is 0 Å². The smallest absolute Gasteiger partial charge is 0.330 e. The predicted octanol–water partition coefficient (Wildman–Crippen LogP) is 2.64. The molecule has 0 aromatic heterocycles. The van der Waals surface area contributed by atoms with Crippen LogP contribution in [-0.4, -0.2) is 25.7 Å². The van der Waals surface area contributed by atoms with Gasteiger partial charge in [-0.1, -0.05) is 17.7 Å². The van der Waals surface area contributed by atoms with Crippen LogP contribution in [-0.2, 0) is 19.1 Å². The second-order valence-corrected chi connectivity index (χ2v) is 4.40. The van der Waals surface area contributed by atoms with Gasteiger partial charge in [-0.05, 0) is 26.7 Å². The second-order valence-electron chi connectivity index (χ2n) is 4.40. The summed E-state index contributed by atoms with van der Waals surface area (Å²) in [5, 5.41) is 0. The molecule has 102 valence electrons. The minimum atomic E-state index is -0.348. The van der Waals surface area contributed by atoms with E-state index in [9.17, 15) is 9.59 Å². The fourth-order valence-corrected chi connectivity index (χ4v) is 1.42. The van der Waals surface area contributed by atoms with Crippen LogP contribution in [0.25, 0.3) is 0 Å². The zero-order valence-corrected chi connectivity index (χ0v) is 11.6. The average molecular weight is 254 g/mol. The lowest BCUT2D eigenvalue weighted by Crippen LogP contribution is -2.13. The van der Waals surface area contributed by atoms with E-state index < -0.39 is 0 Å². The van der Waals surface area contributed by atoms with Gasteiger partial charge in [-0.25, -0.2) is 4.79 Å². The molecule has 1 unspecified atom stereocenters. The summed E-state index contributed by atoms with van der Waals surface area (Å²) in [4.78, 5) is 21.8. The quantitative estimate of drug-likeness (QED) is 0.398. The van der Waals surface area contributed by atoms with Crippen molar-refractivity contribution in [2.75, 3.05) is 13.7 Å². The Hall–Kier alpha value is -1.58. The van der Waals surface area contributed by atoms with E-state index in [4.69, 9.17) is 4.74 Å². The second kappa shape index (κ2) is 8.50. The highest BCUT2D eigenvalue weighted by molar-refractivity contribution is 5.82. The van der Waals surface area contributed by atoms with E-state index in [1.165, 1.54) is 20.1 Å². The molecule has 0 saturated carbocycles. The van der Waals surface area contributed by atoms with Gasteiger partial charge in [-0.2, -0.15) is 0 Å². The highest BCUT2D eigenvalue weighted by atomic mass is 16.5. The van der Waals surface area contributed by atoms with Crippen molar-refractivity contribution in [3.8, 4) is 0 Å². The lowest BCUT2D eigenvalue weighted by molar-refractivity contribution is -0.142. The summed E-state index contributed by atoms with van der Waals surface area (Å²) in [5.41, 5.74) is 1.91. The van der Waals surface area contributed by atoms with Crippen molar-refractivity contribution in [2.24, 2.45) is 5.92 Å². The Morgan fingerprint density at radius 1 is 1.28 bits per heavy atom. The molecule has 4 heteroatoms. The molecule has 1 atom stereocenters. The van der Waals surface area contributed by atoms with E-state index in [0.29, 0.717) is 6.61 Å². The van der Waals surface area contributed by atoms with E-state index in [2.05, 4.69) is 11.3 Å². The van der Waals surface area contributed by atoms with Gasteiger partial charge in [-0.15, -0.1) is 0 Å². The average Bonchev–Trinajstić information content (AvgIpc) is 2.27. The fourth-order valence-electron chi connectivity index (χ4n) is 1.42. The summed E-state index contributed by atoms with van der Waals surface area (Å²) in [7, 11) is 1.35. The monoisotopic (exact) mass is 254 g/mol. The molecule has 0 aromatic rings. The number of hydrogen-bond donors (Lipinski definition) is 0. The van der Waals surface area contributed by atoms with Crippen molar-refractivity contribution in [3.05, 3.63) is 23.8 Å². The van der Waals surface area contributed by atoms with Crippen LogP contribution in [0.15, 0.2) is 23.8 Å². The lowest BCUT2D eigenvalue weighted by Gasteiger charge is -2.16. The zero-order valence-electron chi connectivity index (χ0n) is 11.6. The third kappa shape index (κ3) is 7.65. The topological polar surface area (TPSA) is 52.6 Å². The minimum absolute atomic E-state index is 0.120. The fraction of sp³-hybridized carbons (Fsp3) is 0.571. The molecule has 0 heterocycles. The third-order valence-electron chi connectivity index (χ3n) is 2.64. The Balaban J connectivity index is 4.27. The number of rotatable bonds is 7. The zero-order chi connectivity index (χ0) is 14.1. The Kier molecular flexibility index (Phi) is 7.76. The van der Waals surface area contributed by atoms with Gasteiger partial charge in [0.05, 0.1) is 13.7 Å². The summed E-state index contributed by atoms with van der Waals surface area (Å²) in [6, 6.07) is 0. The maximum Gasteiger partial charge on any atom is 0.330 e. The van der Waals surface area contributed by atoms with Crippen LogP contribution in [0, 0.1) is 5.92 Å². The molecule has 0 radical (unpaired) electrons. The molecule has 0 aliphatic heterocycles. The Bertz CT molecular complexity index is 342. The SMILES string of the molecule is C=C(C)C(CCC(C)=CC(=O)OC)COC(C)=O. The molecule has 0 aliphatic carbocycles. The van der Waals surface area contributed by atoms with Crippen molar-refractivity contribution in [1.82, 2.24) is 0 Å². The van der Waals surface area contributed by atoms with Crippen LogP contribution >= 0.6 is 0 Å². The molecule has 0 fully saturated rings. The van der Waals surface area contributed by atoms with Gasteiger partial charge in [-0.3, -0.25) is 4.79 Å². The third-order valence-corrected chi connectivity index (χ3v) is 2.64. The van der Waals surface area contributed by atoms with Crippen LogP contribution in [0.3, 0.4) is 0 Å². The first-order valence-electron chi connectivity index (χ1n) is 5.90. The van der Waals surface area contributed by atoms with Gasteiger partial charge in [0.15, 0.2) is 0 Å². The molecule has 4 nitrogen and oxygen atoms in total. The Morgan fingerprint density at radius 2 is 1.89 bits per heavy atom. The molecule has 0 rings (SSSR count). The standard InChI is InChI=1S/C14H22O4/c1-10(2)13(9-18-12(4)15)7-6-11(3)8-14(16)17-5/h8,13H,1,6-7,9H2,2-5H3. The van der Waals surface area contributed by atoms with Crippen molar-refractivity contribution < 1.29 is 19.1 Å². The summed E-state index contributed by atoms with van der Waals surface area (Å²) < 4.78 is 9.54.